The first-order valence-electron chi connectivity index (χ1n) is 6.11. The third-order valence-electron chi connectivity index (χ3n) is 3.06. The molecule has 0 fully saturated rings. The van der Waals surface area contributed by atoms with Crippen molar-refractivity contribution in [2.75, 3.05) is 6.61 Å². The van der Waals surface area contributed by atoms with Gasteiger partial charge in [-0.1, -0.05) is 18.2 Å². The summed E-state index contributed by atoms with van der Waals surface area (Å²) >= 11 is 0. The predicted octanol–water partition coefficient (Wildman–Crippen LogP) is 2.36. The third kappa shape index (κ3) is 2.76. The number of hydrogen-bond acceptors (Lipinski definition) is 2. The molecule has 0 aliphatic rings. The Hall–Kier alpha value is -1.68. The summed E-state index contributed by atoms with van der Waals surface area (Å²) in [5.41, 5.74) is 1.57. The zero-order valence-electron chi connectivity index (χ0n) is 10.4. The Labute approximate surface area is 106 Å². The van der Waals surface area contributed by atoms with Crippen molar-refractivity contribution in [1.82, 2.24) is 9.78 Å². The Kier molecular flexibility index (Phi) is 4.10. The molecule has 0 aliphatic carbocycles. The molecule has 0 aliphatic heterocycles. The summed E-state index contributed by atoms with van der Waals surface area (Å²) < 4.78 is 15.5. The molecule has 0 bridgehead atoms. The topological polar surface area (TPSA) is 38.0 Å². The summed E-state index contributed by atoms with van der Waals surface area (Å²) in [5, 5.41) is 13.6. The van der Waals surface area contributed by atoms with Crippen LogP contribution in [0.1, 0.15) is 24.0 Å². The zero-order valence-corrected chi connectivity index (χ0v) is 10.4. The molecule has 0 radical (unpaired) electrons. The van der Waals surface area contributed by atoms with Crippen LogP contribution in [0.5, 0.6) is 0 Å². The van der Waals surface area contributed by atoms with Crippen molar-refractivity contribution in [3.8, 4) is 0 Å². The van der Waals surface area contributed by atoms with Crippen LogP contribution < -0.4 is 0 Å². The summed E-state index contributed by atoms with van der Waals surface area (Å²) in [6, 6.07) is 6.59. The number of nitrogens with zero attached hydrogens (tertiary/aromatic N) is 2. The molecule has 0 saturated heterocycles. The summed E-state index contributed by atoms with van der Waals surface area (Å²) in [4.78, 5) is 0. The van der Waals surface area contributed by atoms with Gasteiger partial charge in [-0.15, -0.1) is 0 Å². The van der Waals surface area contributed by atoms with Crippen LogP contribution >= 0.6 is 0 Å². The minimum absolute atomic E-state index is 0.0712. The molecule has 0 amide bonds. The van der Waals surface area contributed by atoms with Crippen molar-refractivity contribution in [3.63, 3.8) is 0 Å². The maximum absolute atomic E-state index is 13.7. The Morgan fingerprint density at radius 3 is 2.78 bits per heavy atom. The van der Waals surface area contributed by atoms with Crippen molar-refractivity contribution in [2.45, 2.75) is 25.8 Å². The summed E-state index contributed by atoms with van der Waals surface area (Å²) in [5.74, 6) is -0.486. The first-order chi connectivity index (χ1) is 8.74. The van der Waals surface area contributed by atoms with E-state index in [1.165, 1.54) is 6.07 Å². The fraction of sp³-hybridized carbons (Fsp3) is 0.357. The zero-order chi connectivity index (χ0) is 13.0. The molecule has 1 aromatic carbocycles. The summed E-state index contributed by atoms with van der Waals surface area (Å²) in [6.07, 6.45) is 4.30. The highest BCUT2D eigenvalue weighted by Crippen LogP contribution is 2.22. The lowest BCUT2D eigenvalue weighted by Crippen LogP contribution is -2.09. The lowest BCUT2D eigenvalue weighted by atomic mass is 9.93. The Balaban J connectivity index is 2.17. The van der Waals surface area contributed by atoms with Gasteiger partial charge in [-0.3, -0.25) is 4.68 Å². The van der Waals surface area contributed by atoms with E-state index in [1.807, 2.05) is 17.8 Å². The van der Waals surface area contributed by atoms with Gasteiger partial charge in [0.15, 0.2) is 0 Å². The fourth-order valence-corrected chi connectivity index (χ4v) is 2.05. The first-order valence-corrected chi connectivity index (χ1v) is 6.11. The number of aliphatic hydroxyl groups is 1. The van der Waals surface area contributed by atoms with E-state index in [1.54, 1.807) is 24.4 Å². The van der Waals surface area contributed by atoms with Gasteiger partial charge >= 0.3 is 0 Å². The lowest BCUT2D eigenvalue weighted by Gasteiger charge is -2.14. The van der Waals surface area contributed by atoms with Crippen LogP contribution in [-0.4, -0.2) is 21.5 Å². The second kappa shape index (κ2) is 5.78. The molecule has 18 heavy (non-hydrogen) atoms. The standard InChI is InChI=1S/C14H17FN2O/c1-2-17-9-11(8-16-17)7-12(10-18)13-5-3-4-6-14(13)15/h3-6,8-9,12,18H,2,7,10H2,1H3. The number of rotatable bonds is 5. The fourth-order valence-electron chi connectivity index (χ4n) is 2.05. The average molecular weight is 248 g/mol. The molecule has 0 saturated carbocycles. The van der Waals surface area contributed by atoms with Crippen LogP contribution in [0.25, 0.3) is 0 Å². The van der Waals surface area contributed by atoms with E-state index in [2.05, 4.69) is 5.10 Å². The Morgan fingerprint density at radius 2 is 2.17 bits per heavy atom. The molecule has 1 atom stereocenters. The van der Waals surface area contributed by atoms with Gasteiger partial charge in [0.05, 0.1) is 12.8 Å². The highest BCUT2D eigenvalue weighted by atomic mass is 19.1. The van der Waals surface area contributed by atoms with Crippen molar-refractivity contribution >= 4 is 0 Å². The second-order valence-corrected chi connectivity index (χ2v) is 4.31. The molecule has 1 heterocycles. The van der Waals surface area contributed by atoms with Crippen LogP contribution in [0.4, 0.5) is 4.39 Å². The molecular formula is C14H17FN2O. The van der Waals surface area contributed by atoms with E-state index < -0.39 is 0 Å². The van der Waals surface area contributed by atoms with Crippen molar-refractivity contribution in [2.24, 2.45) is 0 Å². The minimum atomic E-state index is -0.264. The maximum Gasteiger partial charge on any atom is 0.126 e. The van der Waals surface area contributed by atoms with Crippen molar-refractivity contribution in [1.29, 1.82) is 0 Å². The monoisotopic (exact) mass is 248 g/mol. The van der Waals surface area contributed by atoms with Crippen molar-refractivity contribution < 1.29 is 9.50 Å². The predicted molar refractivity (Wildman–Crippen MR) is 67.8 cm³/mol. The minimum Gasteiger partial charge on any atom is -0.396 e. The normalized spacial score (nSPS) is 12.6. The van der Waals surface area contributed by atoms with Crippen LogP contribution in [-0.2, 0) is 13.0 Å². The molecule has 2 aromatic rings. The van der Waals surface area contributed by atoms with Gasteiger partial charge < -0.3 is 5.11 Å². The number of halogens is 1. The molecule has 1 aromatic heterocycles. The number of aromatic nitrogens is 2. The molecular weight excluding hydrogens is 231 g/mol. The number of aryl methyl sites for hydroxylation is 1. The van der Waals surface area contributed by atoms with E-state index in [9.17, 15) is 9.50 Å². The smallest absolute Gasteiger partial charge is 0.126 e. The van der Waals surface area contributed by atoms with Gasteiger partial charge in [0.2, 0.25) is 0 Å². The molecule has 2 rings (SSSR count). The van der Waals surface area contributed by atoms with Crippen LogP contribution in [0.2, 0.25) is 0 Å². The van der Waals surface area contributed by atoms with E-state index in [0.29, 0.717) is 12.0 Å². The molecule has 4 heteroatoms. The van der Waals surface area contributed by atoms with Gasteiger partial charge in [0.25, 0.3) is 0 Å². The number of benzene rings is 1. The quantitative estimate of drug-likeness (QED) is 0.882. The Morgan fingerprint density at radius 1 is 1.39 bits per heavy atom. The largest absolute Gasteiger partial charge is 0.396 e. The van der Waals surface area contributed by atoms with Crippen LogP contribution in [0.15, 0.2) is 36.7 Å². The second-order valence-electron chi connectivity index (χ2n) is 4.31. The van der Waals surface area contributed by atoms with E-state index >= 15 is 0 Å². The van der Waals surface area contributed by atoms with E-state index in [4.69, 9.17) is 0 Å². The van der Waals surface area contributed by atoms with Crippen LogP contribution in [0.3, 0.4) is 0 Å². The Bertz CT molecular complexity index is 510. The number of hydrogen-bond donors (Lipinski definition) is 1. The van der Waals surface area contributed by atoms with Gasteiger partial charge in [0, 0.05) is 18.7 Å². The maximum atomic E-state index is 13.7. The molecule has 3 nitrogen and oxygen atoms in total. The average Bonchev–Trinajstić information content (AvgIpc) is 2.85. The van der Waals surface area contributed by atoms with Gasteiger partial charge in [0.1, 0.15) is 5.82 Å². The molecule has 96 valence electrons. The lowest BCUT2D eigenvalue weighted by molar-refractivity contribution is 0.261. The summed E-state index contributed by atoms with van der Waals surface area (Å²) in [7, 11) is 0. The van der Waals surface area contributed by atoms with Crippen LogP contribution in [0, 0.1) is 5.82 Å². The number of aliphatic hydroxyl groups excluding tert-OH is 1. The highest BCUT2D eigenvalue weighted by molar-refractivity contribution is 5.24. The third-order valence-corrected chi connectivity index (χ3v) is 3.06. The molecule has 1 N–H and O–H groups in total. The van der Waals surface area contributed by atoms with Crippen molar-refractivity contribution in [3.05, 3.63) is 53.6 Å². The molecule has 0 spiro atoms. The first kappa shape index (κ1) is 12.8. The van der Waals surface area contributed by atoms with Gasteiger partial charge in [-0.2, -0.15) is 5.10 Å². The van der Waals surface area contributed by atoms with Gasteiger partial charge in [-0.25, -0.2) is 4.39 Å². The van der Waals surface area contributed by atoms with Gasteiger partial charge in [-0.05, 0) is 30.5 Å². The molecule has 1 unspecified atom stereocenters. The highest BCUT2D eigenvalue weighted by Gasteiger charge is 2.15. The SMILES string of the molecule is CCn1cc(CC(CO)c2ccccc2F)cn1. The summed E-state index contributed by atoms with van der Waals surface area (Å²) in [6.45, 7) is 2.75. The van der Waals surface area contributed by atoms with E-state index in [-0.39, 0.29) is 18.3 Å². The van der Waals surface area contributed by atoms with E-state index in [0.717, 1.165) is 12.1 Å².